The van der Waals surface area contributed by atoms with Gasteiger partial charge in [0, 0.05) is 0 Å². The second-order valence-electron chi connectivity index (χ2n) is 9.64. The van der Waals surface area contributed by atoms with Crippen LogP contribution in [0.1, 0.15) is 103 Å². The highest BCUT2D eigenvalue weighted by Gasteiger charge is 2.48. The third-order valence-corrected chi connectivity index (χ3v) is 6.82. The first-order chi connectivity index (χ1) is 13.5. The largest absolute Gasteiger partial charge is 0.373 e. The van der Waals surface area contributed by atoms with Crippen molar-refractivity contribution in [2.75, 3.05) is 27.7 Å². The molecule has 3 N–H and O–H groups in total. The van der Waals surface area contributed by atoms with Crippen LogP contribution in [0.4, 0.5) is 0 Å². The van der Waals surface area contributed by atoms with Crippen molar-refractivity contribution in [1.29, 1.82) is 0 Å². The average molecular weight is 435 g/mol. The van der Waals surface area contributed by atoms with E-state index in [4.69, 9.17) is 0 Å². The number of likely N-dealkylation sites (N-methyl/N-ethyl adjacent to an activating group) is 1. The molecule has 174 valence electrons. The third-order valence-electron chi connectivity index (χ3n) is 5.37. The van der Waals surface area contributed by atoms with Crippen LogP contribution in [-0.2, 0) is 4.57 Å². The van der Waals surface area contributed by atoms with Gasteiger partial charge in [0.15, 0.2) is 0 Å². The van der Waals surface area contributed by atoms with Gasteiger partial charge in [0.05, 0.1) is 21.1 Å². The maximum Gasteiger partial charge on any atom is 0.362 e. The summed E-state index contributed by atoms with van der Waals surface area (Å²) in [5.41, 5.74) is 0. The summed E-state index contributed by atoms with van der Waals surface area (Å²) < 4.78 is 12.1. The van der Waals surface area contributed by atoms with Crippen LogP contribution in [-0.4, -0.2) is 52.4 Å². The van der Waals surface area contributed by atoms with E-state index >= 15 is 0 Å². The molecule has 0 bridgehead atoms. The minimum Gasteiger partial charge on any atom is -0.373 e. The predicted molar refractivity (Wildman–Crippen MR) is 124 cm³/mol. The monoisotopic (exact) mass is 434 g/mol. The van der Waals surface area contributed by atoms with Gasteiger partial charge in [-0.25, -0.2) is 0 Å². The summed E-state index contributed by atoms with van der Waals surface area (Å²) >= 11 is 0. The van der Waals surface area contributed by atoms with E-state index in [1.807, 2.05) is 21.1 Å². The van der Waals surface area contributed by atoms with Crippen molar-refractivity contribution in [2.24, 2.45) is 0 Å². The lowest BCUT2D eigenvalue weighted by Crippen LogP contribution is -2.49. The van der Waals surface area contributed by atoms with Crippen molar-refractivity contribution in [1.82, 2.24) is 0 Å². The van der Waals surface area contributed by atoms with Crippen molar-refractivity contribution in [3.05, 3.63) is 12.2 Å². The Balaban J connectivity index is 3.65. The van der Waals surface area contributed by atoms with Crippen LogP contribution in [0.5, 0.6) is 0 Å². The van der Waals surface area contributed by atoms with Gasteiger partial charge < -0.3 is 19.4 Å². The molecular formula is C23H49NO4P+. The molecule has 29 heavy (non-hydrogen) atoms. The molecule has 0 spiro atoms. The minimum absolute atomic E-state index is 0.0622. The van der Waals surface area contributed by atoms with Gasteiger partial charge in [0.2, 0.25) is 5.34 Å². The van der Waals surface area contributed by atoms with Crippen molar-refractivity contribution in [3.8, 4) is 0 Å². The number of hydrogen-bond donors (Lipinski definition) is 3. The molecule has 0 aliphatic heterocycles. The number of rotatable bonds is 19. The molecule has 0 fully saturated rings. The lowest BCUT2D eigenvalue weighted by Gasteiger charge is -2.35. The SMILES string of the molecule is CC/C=C\CCCCCCCCCCCCCCC(O)(C[N+](C)(C)C)P(=O)(O)O. The number of unbranched alkanes of at least 4 members (excludes halogenated alkanes) is 12. The Kier molecular flexibility index (Phi) is 15.5. The molecule has 0 amide bonds. The van der Waals surface area contributed by atoms with Crippen LogP contribution in [0, 0.1) is 0 Å². The molecule has 0 saturated heterocycles. The number of allylic oxidation sites excluding steroid dienone is 2. The Morgan fingerprint density at radius 1 is 0.759 bits per heavy atom. The minimum atomic E-state index is -4.54. The molecule has 0 radical (unpaired) electrons. The first-order valence-corrected chi connectivity index (χ1v) is 13.4. The highest BCUT2D eigenvalue weighted by Crippen LogP contribution is 2.52. The van der Waals surface area contributed by atoms with Crippen molar-refractivity contribution < 1.29 is 23.9 Å². The van der Waals surface area contributed by atoms with Gasteiger partial charge in [0.25, 0.3) is 0 Å². The van der Waals surface area contributed by atoms with Crippen molar-refractivity contribution >= 4 is 7.60 Å². The molecule has 5 nitrogen and oxygen atoms in total. The summed E-state index contributed by atoms with van der Waals surface area (Å²) in [5, 5.41) is 8.61. The number of nitrogens with zero attached hydrogens (tertiary/aromatic N) is 1. The summed E-state index contributed by atoms with van der Waals surface area (Å²) in [5.74, 6) is 0. The second-order valence-corrected chi connectivity index (χ2v) is 11.6. The molecule has 0 aromatic rings. The Hall–Kier alpha value is -0.190. The standard InChI is InChI=1S/C23H48NO4P/c1-5-6-7-8-9-10-11-12-13-14-15-16-17-18-19-20-21-23(25,29(26,27)28)22-24(2,3)4/h6-7,25H,5,8-22H2,1-4H3,(H-,26,27,28)/p+1/b7-6-. The van der Waals surface area contributed by atoms with E-state index in [-0.39, 0.29) is 13.0 Å². The molecular weight excluding hydrogens is 385 g/mol. The molecule has 6 heteroatoms. The second kappa shape index (κ2) is 15.6. The van der Waals surface area contributed by atoms with E-state index in [1.54, 1.807) is 0 Å². The van der Waals surface area contributed by atoms with Gasteiger partial charge in [-0.15, -0.1) is 0 Å². The Labute approximate surface area is 180 Å². The van der Waals surface area contributed by atoms with Crippen LogP contribution in [0.3, 0.4) is 0 Å². The van der Waals surface area contributed by atoms with Crippen LogP contribution < -0.4 is 0 Å². The van der Waals surface area contributed by atoms with E-state index < -0.39 is 12.9 Å². The van der Waals surface area contributed by atoms with Gasteiger partial charge >= 0.3 is 7.60 Å². The van der Waals surface area contributed by atoms with E-state index in [9.17, 15) is 19.5 Å². The molecule has 1 unspecified atom stereocenters. The zero-order valence-electron chi connectivity index (χ0n) is 19.6. The molecule has 1 atom stereocenters. The van der Waals surface area contributed by atoms with E-state index in [0.717, 1.165) is 19.3 Å². The summed E-state index contributed by atoms with van der Waals surface area (Å²) in [7, 11) is 0.979. The van der Waals surface area contributed by atoms with E-state index in [1.165, 1.54) is 64.2 Å². The van der Waals surface area contributed by atoms with Gasteiger partial charge in [-0.1, -0.05) is 83.3 Å². The normalized spacial score (nSPS) is 15.1. The fourth-order valence-electron chi connectivity index (χ4n) is 3.80. The molecule has 0 heterocycles. The summed E-state index contributed by atoms with van der Waals surface area (Å²) in [4.78, 5) is 19.1. The van der Waals surface area contributed by atoms with Gasteiger partial charge in [-0.05, 0) is 32.1 Å². The fourth-order valence-corrected chi connectivity index (χ4v) is 4.86. The van der Waals surface area contributed by atoms with Crippen LogP contribution >= 0.6 is 7.60 Å². The van der Waals surface area contributed by atoms with Crippen LogP contribution in [0.2, 0.25) is 0 Å². The Bertz CT molecular complexity index is 470. The number of quaternary nitrogens is 1. The lowest BCUT2D eigenvalue weighted by atomic mass is 10.0. The highest BCUT2D eigenvalue weighted by molar-refractivity contribution is 7.53. The van der Waals surface area contributed by atoms with Crippen LogP contribution in [0.15, 0.2) is 12.2 Å². The van der Waals surface area contributed by atoms with Crippen molar-refractivity contribution in [2.45, 2.75) is 109 Å². The third kappa shape index (κ3) is 16.2. The maximum atomic E-state index is 11.8. The molecule has 0 aromatic carbocycles. The maximum absolute atomic E-state index is 11.8. The first kappa shape index (κ1) is 28.8. The Morgan fingerprint density at radius 3 is 1.55 bits per heavy atom. The quantitative estimate of drug-likeness (QED) is 0.101. The molecule has 0 rings (SSSR count). The summed E-state index contributed by atoms with van der Waals surface area (Å²) in [6.45, 7) is 2.24. The lowest BCUT2D eigenvalue weighted by molar-refractivity contribution is -0.875. The first-order valence-electron chi connectivity index (χ1n) is 11.8. The predicted octanol–water partition coefficient (Wildman–Crippen LogP) is 5.99. The van der Waals surface area contributed by atoms with Gasteiger partial charge in [-0.3, -0.25) is 4.57 Å². The van der Waals surface area contributed by atoms with Gasteiger partial charge in [0.1, 0.15) is 6.54 Å². The zero-order valence-corrected chi connectivity index (χ0v) is 20.5. The number of hydrogen-bond acceptors (Lipinski definition) is 2. The molecule has 0 saturated carbocycles. The average Bonchev–Trinajstić information content (AvgIpc) is 2.59. The van der Waals surface area contributed by atoms with E-state index in [0.29, 0.717) is 10.9 Å². The molecule has 0 aromatic heterocycles. The highest BCUT2D eigenvalue weighted by atomic mass is 31.2. The summed E-state index contributed by atoms with van der Waals surface area (Å²) in [6, 6.07) is 0. The van der Waals surface area contributed by atoms with E-state index in [2.05, 4.69) is 19.1 Å². The molecule has 0 aliphatic carbocycles. The molecule has 0 aliphatic rings. The smallest absolute Gasteiger partial charge is 0.362 e. The topological polar surface area (TPSA) is 77.8 Å². The van der Waals surface area contributed by atoms with Crippen molar-refractivity contribution in [3.63, 3.8) is 0 Å². The zero-order chi connectivity index (χ0) is 22.2. The number of aliphatic hydroxyl groups is 1. The fraction of sp³-hybridized carbons (Fsp3) is 0.913. The Morgan fingerprint density at radius 2 is 1.17 bits per heavy atom. The van der Waals surface area contributed by atoms with Crippen LogP contribution in [0.25, 0.3) is 0 Å². The van der Waals surface area contributed by atoms with Gasteiger partial charge in [-0.2, -0.15) is 0 Å². The summed E-state index contributed by atoms with van der Waals surface area (Å²) in [6.07, 6.45) is 21.5.